The Labute approximate surface area is 134 Å². The predicted molar refractivity (Wildman–Crippen MR) is 83.5 cm³/mol. The van der Waals surface area contributed by atoms with Gasteiger partial charge in [0.1, 0.15) is 10.7 Å². The van der Waals surface area contributed by atoms with Gasteiger partial charge >= 0.3 is 5.88 Å². The van der Waals surface area contributed by atoms with Gasteiger partial charge in [0, 0.05) is 23.9 Å². The Morgan fingerprint density at radius 2 is 1.96 bits per heavy atom. The first-order valence-corrected chi connectivity index (χ1v) is 6.46. The van der Waals surface area contributed by atoms with E-state index in [9.17, 15) is 25.0 Å². The maximum Gasteiger partial charge on any atom is 0.433 e. The third-order valence-electron chi connectivity index (χ3n) is 2.70. The molecule has 0 saturated heterocycles. The molecule has 0 aliphatic heterocycles. The zero-order valence-corrected chi connectivity index (χ0v) is 12.0. The van der Waals surface area contributed by atoms with Crippen molar-refractivity contribution in [3.63, 3.8) is 0 Å². The highest BCUT2D eigenvalue weighted by Gasteiger charge is 2.11. The number of hydrogen-bond acceptors (Lipinski definition) is 7. The van der Waals surface area contributed by atoms with Gasteiger partial charge in [-0.1, -0.05) is 6.07 Å². The third kappa shape index (κ3) is 4.34. The minimum Gasteiger partial charge on any atom is -0.401 e. The summed E-state index contributed by atoms with van der Waals surface area (Å²) in [5, 5.41) is 24.7. The number of nitro benzene ring substituents is 1. The molecule has 0 bridgehead atoms. The van der Waals surface area contributed by atoms with Crippen LogP contribution >= 0.6 is 0 Å². The van der Waals surface area contributed by atoms with E-state index in [0.717, 1.165) is 6.07 Å². The molecule has 2 aromatic rings. The van der Waals surface area contributed by atoms with Crippen LogP contribution in [0, 0.1) is 20.2 Å². The van der Waals surface area contributed by atoms with E-state index in [1.807, 2.05) is 0 Å². The van der Waals surface area contributed by atoms with Gasteiger partial charge in [-0.05, 0) is 24.3 Å². The zero-order chi connectivity index (χ0) is 17.5. The fourth-order valence-corrected chi connectivity index (χ4v) is 1.63. The SMILES string of the molecule is O=C(N/N=C/C=C/c1ccc([N+](=O)[O-])o1)c1cccc([N+](=O)[O-])c1. The number of furan rings is 1. The highest BCUT2D eigenvalue weighted by Crippen LogP contribution is 2.16. The highest BCUT2D eigenvalue weighted by atomic mass is 16.6. The standard InChI is InChI=1S/C14H10N4O6/c19-14(10-3-1-4-11(9-10)17(20)21)16-15-8-2-5-12-6-7-13(24-12)18(22)23/h1-9H,(H,16,19)/b5-2+,15-8+. The molecule has 0 radical (unpaired) electrons. The van der Waals surface area contributed by atoms with Crippen LogP contribution in [0.2, 0.25) is 0 Å². The average Bonchev–Trinajstić information content (AvgIpc) is 3.03. The summed E-state index contributed by atoms with van der Waals surface area (Å²) in [6, 6.07) is 7.81. The largest absolute Gasteiger partial charge is 0.433 e. The molecule has 1 heterocycles. The Morgan fingerprint density at radius 3 is 2.62 bits per heavy atom. The summed E-state index contributed by atoms with van der Waals surface area (Å²) in [4.78, 5) is 31.6. The van der Waals surface area contributed by atoms with E-state index in [2.05, 4.69) is 10.5 Å². The van der Waals surface area contributed by atoms with Crippen molar-refractivity contribution >= 4 is 29.8 Å². The van der Waals surface area contributed by atoms with Gasteiger partial charge in [-0.2, -0.15) is 5.10 Å². The molecule has 0 unspecified atom stereocenters. The van der Waals surface area contributed by atoms with E-state index in [1.165, 1.54) is 48.7 Å². The molecule has 0 aliphatic rings. The van der Waals surface area contributed by atoms with E-state index in [-0.39, 0.29) is 22.9 Å². The van der Waals surface area contributed by atoms with Crippen LogP contribution in [0.3, 0.4) is 0 Å². The lowest BCUT2D eigenvalue weighted by molar-refractivity contribution is -0.402. The Morgan fingerprint density at radius 1 is 1.17 bits per heavy atom. The number of hydrazone groups is 1. The van der Waals surface area contributed by atoms with Gasteiger partial charge in [0.05, 0.1) is 11.0 Å². The first-order chi connectivity index (χ1) is 11.5. The summed E-state index contributed by atoms with van der Waals surface area (Å²) in [7, 11) is 0. The quantitative estimate of drug-likeness (QED) is 0.490. The topological polar surface area (TPSA) is 141 Å². The lowest BCUT2D eigenvalue weighted by Crippen LogP contribution is -2.17. The van der Waals surface area contributed by atoms with Crippen molar-refractivity contribution in [3.8, 4) is 0 Å². The summed E-state index contributed by atoms with van der Waals surface area (Å²) in [6.45, 7) is 0. The van der Waals surface area contributed by atoms with E-state index < -0.39 is 15.8 Å². The summed E-state index contributed by atoms with van der Waals surface area (Å²) in [5.74, 6) is -0.749. The first kappa shape index (κ1) is 16.5. The Bertz CT molecular complexity index is 839. The van der Waals surface area contributed by atoms with Crippen LogP contribution in [0.15, 0.2) is 52.0 Å². The number of carbonyl (C=O) groups excluding carboxylic acids is 1. The third-order valence-corrected chi connectivity index (χ3v) is 2.70. The van der Waals surface area contributed by atoms with Crippen molar-refractivity contribution in [2.75, 3.05) is 0 Å². The number of allylic oxidation sites excluding steroid dienone is 1. The number of hydrogen-bond donors (Lipinski definition) is 1. The van der Waals surface area contributed by atoms with Crippen LogP contribution in [-0.4, -0.2) is 22.0 Å². The van der Waals surface area contributed by atoms with Gasteiger partial charge in [-0.3, -0.25) is 25.0 Å². The molecule has 1 aromatic heterocycles. The molecule has 122 valence electrons. The molecule has 0 saturated carbocycles. The predicted octanol–water partition coefficient (Wildman–Crippen LogP) is 2.53. The van der Waals surface area contributed by atoms with Crippen LogP contribution in [0.4, 0.5) is 11.6 Å². The molecular weight excluding hydrogens is 320 g/mol. The van der Waals surface area contributed by atoms with Crippen molar-refractivity contribution in [1.82, 2.24) is 5.43 Å². The molecule has 2 rings (SSSR count). The number of nitrogens with zero attached hydrogens (tertiary/aromatic N) is 3. The number of nitrogens with one attached hydrogen (secondary N) is 1. The molecular formula is C14H10N4O6. The van der Waals surface area contributed by atoms with Gasteiger partial charge in [-0.15, -0.1) is 0 Å². The second kappa shape index (κ2) is 7.45. The molecule has 0 fully saturated rings. The van der Waals surface area contributed by atoms with Crippen molar-refractivity contribution < 1.29 is 19.1 Å². The molecule has 1 N–H and O–H groups in total. The Hall–Kier alpha value is -3.82. The number of rotatable bonds is 6. The summed E-state index contributed by atoms with van der Waals surface area (Å²) >= 11 is 0. The van der Waals surface area contributed by atoms with Gasteiger partial charge in [0.2, 0.25) is 0 Å². The van der Waals surface area contributed by atoms with Crippen molar-refractivity contribution in [3.05, 3.63) is 74.0 Å². The van der Waals surface area contributed by atoms with Crippen LogP contribution in [-0.2, 0) is 0 Å². The molecule has 10 heteroatoms. The molecule has 0 atom stereocenters. The van der Waals surface area contributed by atoms with Crippen LogP contribution in [0.5, 0.6) is 0 Å². The monoisotopic (exact) mass is 330 g/mol. The fraction of sp³-hybridized carbons (Fsp3) is 0. The van der Waals surface area contributed by atoms with Crippen molar-refractivity contribution in [1.29, 1.82) is 0 Å². The molecule has 10 nitrogen and oxygen atoms in total. The second-order valence-corrected chi connectivity index (χ2v) is 4.32. The normalized spacial score (nSPS) is 11.0. The smallest absolute Gasteiger partial charge is 0.401 e. The number of non-ortho nitro benzene ring substituents is 1. The highest BCUT2D eigenvalue weighted by molar-refractivity contribution is 5.95. The molecule has 1 amide bonds. The Kier molecular flexibility index (Phi) is 5.13. The lowest BCUT2D eigenvalue weighted by atomic mass is 10.2. The minimum absolute atomic E-state index is 0.0898. The summed E-state index contributed by atoms with van der Waals surface area (Å²) in [5.41, 5.74) is 2.08. The van der Waals surface area contributed by atoms with Gasteiger partial charge < -0.3 is 4.42 Å². The van der Waals surface area contributed by atoms with Crippen molar-refractivity contribution in [2.24, 2.45) is 5.10 Å². The lowest BCUT2D eigenvalue weighted by Gasteiger charge is -1.98. The molecule has 0 spiro atoms. The van der Waals surface area contributed by atoms with Gasteiger partial charge in [0.15, 0.2) is 0 Å². The van der Waals surface area contributed by atoms with Crippen LogP contribution in [0.25, 0.3) is 6.08 Å². The molecule has 24 heavy (non-hydrogen) atoms. The maximum atomic E-state index is 11.8. The fourth-order valence-electron chi connectivity index (χ4n) is 1.63. The first-order valence-electron chi connectivity index (χ1n) is 6.46. The van der Waals surface area contributed by atoms with Crippen LogP contribution < -0.4 is 5.43 Å². The van der Waals surface area contributed by atoms with E-state index in [1.54, 1.807) is 0 Å². The van der Waals surface area contributed by atoms with Gasteiger partial charge in [0.25, 0.3) is 11.6 Å². The number of amides is 1. The number of carbonyl (C=O) groups is 1. The van der Waals surface area contributed by atoms with Gasteiger partial charge in [-0.25, -0.2) is 5.43 Å². The average molecular weight is 330 g/mol. The zero-order valence-electron chi connectivity index (χ0n) is 12.0. The molecule has 1 aromatic carbocycles. The maximum absolute atomic E-state index is 11.8. The number of benzene rings is 1. The second-order valence-electron chi connectivity index (χ2n) is 4.32. The van der Waals surface area contributed by atoms with Crippen LogP contribution in [0.1, 0.15) is 16.1 Å². The van der Waals surface area contributed by atoms with E-state index in [4.69, 9.17) is 4.42 Å². The minimum atomic E-state index is -0.662. The summed E-state index contributed by atoms with van der Waals surface area (Å²) < 4.78 is 4.88. The Balaban J connectivity index is 1.92. The summed E-state index contributed by atoms with van der Waals surface area (Å²) in [6.07, 6.45) is 4.04. The van der Waals surface area contributed by atoms with E-state index >= 15 is 0 Å². The number of nitro groups is 2. The van der Waals surface area contributed by atoms with Crippen molar-refractivity contribution in [2.45, 2.75) is 0 Å². The molecule has 0 aliphatic carbocycles. The van der Waals surface area contributed by atoms with E-state index in [0.29, 0.717) is 0 Å².